The Hall–Kier alpha value is -1.30. The Kier molecular flexibility index (Phi) is 8.44. The molecule has 1 N–H and O–H groups in total. The lowest BCUT2D eigenvalue weighted by molar-refractivity contribution is 0.589. The van der Waals surface area contributed by atoms with Crippen molar-refractivity contribution in [2.75, 3.05) is 54.4 Å². The van der Waals surface area contributed by atoms with Crippen LogP contribution >= 0.6 is 23.7 Å². The third-order valence-electron chi connectivity index (χ3n) is 5.26. The van der Waals surface area contributed by atoms with Gasteiger partial charge in [-0.25, -0.2) is 0 Å². The molecule has 1 fully saturated rings. The van der Waals surface area contributed by atoms with Crippen molar-refractivity contribution in [1.29, 1.82) is 0 Å². The molecule has 1 heterocycles. The smallest absolute Gasteiger partial charge is 0.0546 e. The molecule has 5 heteroatoms. The number of hydrogen-bond donors (Lipinski definition) is 1. The molecule has 2 aromatic carbocycles. The molecular formula is C23H33N3S2. The highest BCUT2D eigenvalue weighted by Gasteiger charge is 2.15. The predicted octanol–water partition coefficient (Wildman–Crippen LogP) is 5.76. The largest absolute Gasteiger partial charge is 0.369 e. The Balaban J connectivity index is 1.83. The minimum atomic E-state index is 1.06. The van der Waals surface area contributed by atoms with E-state index in [0.717, 1.165) is 26.2 Å². The van der Waals surface area contributed by atoms with E-state index in [2.05, 4.69) is 77.2 Å². The molecule has 0 radical (unpaired) electrons. The zero-order chi connectivity index (χ0) is 19.8. The molecule has 0 amide bonds. The average Bonchev–Trinajstić information content (AvgIpc) is 2.77. The molecule has 0 unspecified atom stereocenters. The molecule has 0 atom stereocenters. The Morgan fingerprint density at radius 1 is 1.04 bits per heavy atom. The van der Waals surface area contributed by atoms with Crippen molar-refractivity contribution >= 4 is 35.1 Å². The highest BCUT2D eigenvalue weighted by Crippen LogP contribution is 2.37. The fourth-order valence-corrected chi connectivity index (χ4v) is 4.79. The Labute approximate surface area is 179 Å². The van der Waals surface area contributed by atoms with E-state index in [1.807, 2.05) is 11.8 Å². The minimum absolute atomic E-state index is 1.06. The molecule has 0 spiro atoms. The van der Waals surface area contributed by atoms with Gasteiger partial charge in [0.2, 0.25) is 0 Å². The second-order valence-electron chi connectivity index (χ2n) is 7.20. The summed E-state index contributed by atoms with van der Waals surface area (Å²) in [4.78, 5) is 3.86. The third-order valence-corrected chi connectivity index (χ3v) is 7.10. The monoisotopic (exact) mass is 415 g/mol. The summed E-state index contributed by atoms with van der Waals surface area (Å²) < 4.78 is 2.25. The second kappa shape index (κ2) is 11.0. The highest BCUT2D eigenvalue weighted by atomic mass is 32.2. The van der Waals surface area contributed by atoms with Crippen molar-refractivity contribution in [3.8, 4) is 11.1 Å². The fourth-order valence-electron chi connectivity index (χ4n) is 3.52. The minimum Gasteiger partial charge on any atom is -0.369 e. The van der Waals surface area contributed by atoms with Crippen molar-refractivity contribution in [2.24, 2.45) is 0 Å². The van der Waals surface area contributed by atoms with Crippen molar-refractivity contribution in [2.45, 2.75) is 31.1 Å². The summed E-state index contributed by atoms with van der Waals surface area (Å²) in [5.74, 6) is 1.21. The maximum absolute atomic E-state index is 3.44. The summed E-state index contributed by atoms with van der Waals surface area (Å²) in [5.41, 5.74) is 5.21. The van der Waals surface area contributed by atoms with E-state index in [1.54, 1.807) is 11.9 Å². The number of nitrogens with one attached hydrogen (secondary N) is 1. The quantitative estimate of drug-likeness (QED) is 0.318. The van der Waals surface area contributed by atoms with Gasteiger partial charge in [0, 0.05) is 55.6 Å². The van der Waals surface area contributed by atoms with E-state index < -0.39 is 0 Å². The van der Waals surface area contributed by atoms with Crippen molar-refractivity contribution in [3.63, 3.8) is 0 Å². The second-order valence-corrected chi connectivity index (χ2v) is 9.28. The lowest BCUT2D eigenvalue weighted by Gasteiger charge is -2.31. The number of anilines is 2. The van der Waals surface area contributed by atoms with Crippen molar-refractivity contribution < 1.29 is 0 Å². The van der Waals surface area contributed by atoms with Crippen LogP contribution in [0.15, 0.2) is 47.4 Å². The zero-order valence-electron chi connectivity index (χ0n) is 17.4. The lowest BCUT2D eigenvalue weighted by atomic mass is 10.0. The van der Waals surface area contributed by atoms with Crippen LogP contribution < -0.4 is 14.5 Å². The molecular weight excluding hydrogens is 382 g/mol. The van der Waals surface area contributed by atoms with E-state index >= 15 is 0 Å². The average molecular weight is 416 g/mol. The van der Waals surface area contributed by atoms with Gasteiger partial charge >= 0.3 is 0 Å². The van der Waals surface area contributed by atoms with Crippen LogP contribution in [0.4, 0.5) is 11.4 Å². The van der Waals surface area contributed by atoms with E-state index in [-0.39, 0.29) is 0 Å². The molecule has 0 aromatic heterocycles. The number of rotatable bonds is 9. The third kappa shape index (κ3) is 5.62. The molecule has 1 aliphatic rings. The van der Waals surface area contributed by atoms with Gasteiger partial charge in [0.25, 0.3) is 0 Å². The van der Waals surface area contributed by atoms with E-state index in [1.165, 1.54) is 52.4 Å². The molecule has 152 valence electrons. The summed E-state index contributed by atoms with van der Waals surface area (Å²) in [7, 11) is 2.14. The van der Waals surface area contributed by atoms with Crippen LogP contribution in [-0.2, 0) is 0 Å². The van der Waals surface area contributed by atoms with Crippen LogP contribution in [0.1, 0.15) is 26.2 Å². The topological polar surface area (TPSA) is 18.5 Å². The maximum Gasteiger partial charge on any atom is 0.0546 e. The van der Waals surface area contributed by atoms with Crippen LogP contribution in [0.25, 0.3) is 11.1 Å². The molecule has 0 saturated carbocycles. The zero-order valence-corrected chi connectivity index (χ0v) is 19.0. The summed E-state index contributed by atoms with van der Waals surface area (Å²) >= 11 is 3.73. The summed E-state index contributed by atoms with van der Waals surface area (Å²) in [6.45, 7) is 6.53. The molecule has 28 heavy (non-hydrogen) atoms. The predicted molar refractivity (Wildman–Crippen MR) is 129 cm³/mol. The van der Waals surface area contributed by atoms with Gasteiger partial charge in [-0.05, 0) is 48.1 Å². The SMILES string of the molecule is CCCCCSc1ccc(-c2cc(N3CCNCC3)ccc2N(C)SC)cc1. The van der Waals surface area contributed by atoms with Crippen LogP contribution in [0.2, 0.25) is 0 Å². The molecule has 1 aliphatic heterocycles. The normalized spacial score (nSPS) is 14.3. The molecule has 2 aromatic rings. The van der Waals surface area contributed by atoms with Gasteiger partial charge < -0.3 is 14.5 Å². The van der Waals surface area contributed by atoms with Gasteiger partial charge in [0.05, 0.1) is 5.69 Å². The van der Waals surface area contributed by atoms with Gasteiger partial charge in [-0.3, -0.25) is 0 Å². The van der Waals surface area contributed by atoms with E-state index in [0.29, 0.717) is 0 Å². The van der Waals surface area contributed by atoms with Gasteiger partial charge in [-0.1, -0.05) is 43.8 Å². The standard InChI is InChI=1S/C23H33N3S2/c1-4-5-6-17-28-21-10-7-19(8-11-21)22-18-20(26-15-13-24-14-16-26)9-12-23(22)25(2)27-3/h7-12,18,24H,4-6,13-17H2,1-3H3. The van der Waals surface area contributed by atoms with Gasteiger partial charge in [0.1, 0.15) is 0 Å². The Morgan fingerprint density at radius 2 is 1.79 bits per heavy atom. The van der Waals surface area contributed by atoms with Crippen LogP contribution in [0.3, 0.4) is 0 Å². The molecule has 3 rings (SSSR count). The number of hydrogen-bond acceptors (Lipinski definition) is 5. The summed E-state index contributed by atoms with van der Waals surface area (Å²) in [5, 5.41) is 3.44. The molecule has 0 bridgehead atoms. The van der Waals surface area contributed by atoms with E-state index in [4.69, 9.17) is 0 Å². The van der Waals surface area contributed by atoms with Crippen LogP contribution in [0, 0.1) is 0 Å². The molecule has 1 saturated heterocycles. The number of thioether (sulfide) groups is 1. The van der Waals surface area contributed by atoms with Crippen LogP contribution in [-0.4, -0.2) is 45.2 Å². The number of unbranched alkanes of at least 4 members (excludes halogenated alkanes) is 2. The fraction of sp³-hybridized carbons (Fsp3) is 0.478. The Morgan fingerprint density at radius 3 is 2.46 bits per heavy atom. The highest BCUT2D eigenvalue weighted by molar-refractivity contribution is 8.00. The number of piperazine rings is 1. The van der Waals surface area contributed by atoms with Crippen molar-refractivity contribution in [3.05, 3.63) is 42.5 Å². The van der Waals surface area contributed by atoms with Gasteiger partial charge in [-0.2, -0.15) is 0 Å². The van der Waals surface area contributed by atoms with Gasteiger partial charge in [-0.15, -0.1) is 11.8 Å². The first kappa shape index (κ1) is 21.4. The summed E-state index contributed by atoms with van der Waals surface area (Å²) in [6.07, 6.45) is 6.05. The van der Waals surface area contributed by atoms with Crippen molar-refractivity contribution in [1.82, 2.24) is 5.32 Å². The number of nitrogens with zero attached hydrogens (tertiary/aromatic N) is 2. The Bertz CT molecular complexity index is 727. The lowest BCUT2D eigenvalue weighted by Crippen LogP contribution is -2.43. The maximum atomic E-state index is 3.44. The van der Waals surface area contributed by atoms with Crippen LogP contribution in [0.5, 0.6) is 0 Å². The first-order chi connectivity index (χ1) is 13.7. The summed E-state index contributed by atoms with van der Waals surface area (Å²) in [6, 6.07) is 16.1. The number of benzene rings is 2. The first-order valence-electron chi connectivity index (χ1n) is 10.3. The van der Waals surface area contributed by atoms with E-state index in [9.17, 15) is 0 Å². The molecule has 3 nitrogen and oxygen atoms in total. The molecule has 0 aliphatic carbocycles. The first-order valence-corrected chi connectivity index (χ1v) is 12.5. The van der Waals surface area contributed by atoms with Gasteiger partial charge in [0.15, 0.2) is 0 Å².